The van der Waals surface area contributed by atoms with Gasteiger partial charge in [-0.05, 0) is 0 Å². The van der Waals surface area contributed by atoms with Crippen LogP contribution >= 0.6 is 0 Å². The number of hydrogen-bond donors (Lipinski definition) is 1. The van der Waals surface area contributed by atoms with Crippen molar-refractivity contribution < 1.29 is 9.59 Å². The zero-order chi connectivity index (χ0) is 5.98. The molecule has 1 rings (SSSR count). The van der Waals surface area contributed by atoms with Crippen LogP contribution < -0.4 is 10.7 Å². The normalized spacial score (nSPS) is 17.5. The number of rotatable bonds is 0. The molecule has 0 aromatic carbocycles. The molecule has 0 fully saturated rings. The highest BCUT2D eigenvalue weighted by Crippen LogP contribution is 1.74. The molecule has 1 radical (unpaired) electrons. The minimum absolute atomic E-state index is 0.617. The lowest BCUT2D eigenvalue weighted by atomic mass is 10.6. The average Bonchev–Trinajstić information content (AvgIpc) is 1.64. The highest BCUT2D eigenvalue weighted by atomic mass is 16.2. The third kappa shape index (κ3) is 0.810. The third-order valence-electron chi connectivity index (χ3n) is 0.547. The van der Waals surface area contributed by atoms with Crippen LogP contribution in [-0.2, 0) is 4.79 Å². The van der Waals surface area contributed by atoms with E-state index in [2.05, 4.69) is 10.4 Å². The van der Waals surface area contributed by atoms with E-state index in [0.717, 1.165) is 6.21 Å². The van der Waals surface area contributed by atoms with E-state index in [0.29, 0.717) is 0 Å². The molecule has 0 bridgehead atoms. The Bertz CT molecular complexity index is 162. The number of urea groups is 1. The van der Waals surface area contributed by atoms with E-state index in [1.807, 2.05) is 5.43 Å². The zero-order valence-electron chi connectivity index (χ0n) is 3.79. The number of imide groups is 1. The number of nitrogens with zero attached hydrogens (tertiary/aromatic N) is 2. The van der Waals surface area contributed by atoms with Gasteiger partial charge in [0, 0.05) is 0 Å². The summed E-state index contributed by atoms with van der Waals surface area (Å²) in [6.07, 6.45) is 0.932. The Morgan fingerprint density at radius 1 is 1.50 bits per heavy atom. The largest absolute Gasteiger partial charge is 0.364 e. The van der Waals surface area contributed by atoms with Crippen molar-refractivity contribution >= 4 is 18.2 Å². The summed E-state index contributed by atoms with van der Waals surface area (Å²) in [5.41, 5.74) is 1.96. The summed E-state index contributed by atoms with van der Waals surface area (Å²) >= 11 is 0. The van der Waals surface area contributed by atoms with Gasteiger partial charge in [0.05, 0.1) is 0 Å². The maximum atomic E-state index is 10.1. The first-order chi connectivity index (χ1) is 3.79. The van der Waals surface area contributed by atoms with Crippen molar-refractivity contribution in [1.29, 1.82) is 0 Å². The molecule has 0 saturated heterocycles. The molecule has 41 valence electrons. The van der Waals surface area contributed by atoms with E-state index in [9.17, 15) is 9.59 Å². The van der Waals surface area contributed by atoms with E-state index in [-0.39, 0.29) is 0 Å². The van der Waals surface area contributed by atoms with E-state index < -0.39 is 11.9 Å². The van der Waals surface area contributed by atoms with Gasteiger partial charge < -0.3 is 0 Å². The van der Waals surface area contributed by atoms with Gasteiger partial charge in [0.2, 0.25) is 0 Å². The summed E-state index contributed by atoms with van der Waals surface area (Å²) in [7, 11) is 0. The molecule has 1 heterocycles. The van der Waals surface area contributed by atoms with Gasteiger partial charge in [0.1, 0.15) is 6.21 Å². The Hall–Kier alpha value is -1.39. The summed E-state index contributed by atoms with van der Waals surface area (Å²) in [6, 6.07) is -0.711. The van der Waals surface area contributed by atoms with Gasteiger partial charge in [-0.3, -0.25) is 4.79 Å². The van der Waals surface area contributed by atoms with Crippen LogP contribution in [0.25, 0.3) is 0 Å². The van der Waals surface area contributed by atoms with Gasteiger partial charge in [-0.25, -0.2) is 10.2 Å². The number of amides is 3. The average molecular weight is 112 g/mol. The van der Waals surface area contributed by atoms with Crippen molar-refractivity contribution in [3.05, 3.63) is 0 Å². The van der Waals surface area contributed by atoms with Crippen LogP contribution in [0.5, 0.6) is 0 Å². The summed E-state index contributed by atoms with van der Waals surface area (Å²) in [5.74, 6) is -0.617. The molecule has 0 unspecified atom stereocenters. The molecular formula is C3H2N3O2. The quantitative estimate of drug-likeness (QED) is 0.428. The molecule has 1 aliphatic heterocycles. The molecule has 0 saturated carbocycles. The van der Waals surface area contributed by atoms with Crippen molar-refractivity contribution in [3.8, 4) is 0 Å². The predicted octanol–water partition coefficient (Wildman–Crippen LogP) is -1.17. The number of hydrazone groups is 1. The third-order valence-corrected chi connectivity index (χ3v) is 0.547. The molecule has 3 amide bonds. The lowest BCUT2D eigenvalue weighted by Gasteiger charge is -1.99. The lowest BCUT2D eigenvalue weighted by Crippen LogP contribution is -2.36. The highest BCUT2D eigenvalue weighted by molar-refractivity contribution is 6.30. The Morgan fingerprint density at radius 3 is 2.62 bits per heavy atom. The van der Waals surface area contributed by atoms with Crippen molar-refractivity contribution in [1.82, 2.24) is 10.7 Å². The van der Waals surface area contributed by atoms with Crippen LogP contribution in [0.2, 0.25) is 0 Å². The monoisotopic (exact) mass is 112 g/mol. The fourth-order valence-corrected chi connectivity index (χ4v) is 0.297. The van der Waals surface area contributed by atoms with Crippen molar-refractivity contribution in [3.63, 3.8) is 0 Å². The van der Waals surface area contributed by atoms with Crippen molar-refractivity contribution in [2.24, 2.45) is 5.10 Å². The van der Waals surface area contributed by atoms with Crippen LogP contribution in [0.4, 0.5) is 4.79 Å². The van der Waals surface area contributed by atoms with Gasteiger partial charge in [-0.15, -0.1) is 0 Å². The van der Waals surface area contributed by atoms with Crippen LogP contribution in [0.15, 0.2) is 5.10 Å². The van der Waals surface area contributed by atoms with Crippen LogP contribution in [-0.4, -0.2) is 18.2 Å². The lowest BCUT2D eigenvalue weighted by molar-refractivity contribution is -0.113. The SMILES string of the molecule is O=C1C=NNC(=O)[N]1. The Kier molecular flexibility index (Phi) is 0.957. The number of hydrogen-bond acceptors (Lipinski definition) is 3. The number of nitrogens with one attached hydrogen (secondary N) is 1. The molecular weight excluding hydrogens is 110 g/mol. The molecule has 0 aromatic heterocycles. The maximum Gasteiger partial charge on any atom is 0.364 e. The topological polar surface area (TPSA) is 72.6 Å². The Morgan fingerprint density at radius 2 is 2.25 bits per heavy atom. The van der Waals surface area contributed by atoms with Crippen LogP contribution in [0.3, 0.4) is 0 Å². The van der Waals surface area contributed by atoms with E-state index in [4.69, 9.17) is 0 Å². The predicted molar refractivity (Wildman–Crippen MR) is 24.2 cm³/mol. The minimum atomic E-state index is -0.711. The molecule has 0 aliphatic carbocycles. The fraction of sp³-hybridized carbons (Fsp3) is 0. The van der Waals surface area contributed by atoms with E-state index in [1.54, 1.807) is 0 Å². The van der Waals surface area contributed by atoms with Crippen molar-refractivity contribution in [2.45, 2.75) is 0 Å². The molecule has 0 spiro atoms. The molecule has 1 aliphatic rings. The first-order valence-corrected chi connectivity index (χ1v) is 1.88. The molecule has 5 nitrogen and oxygen atoms in total. The highest BCUT2D eigenvalue weighted by Gasteiger charge is 2.10. The molecule has 5 heteroatoms. The zero-order valence-corrected chi connectivity index (χ0v) is 3.79. The second-order valence-corrected chi connectivity index (χ2v) is 1.13. The van der Waals surface area contributed by atoms with Gasteiger partial charge in [0.25, 0.3) is 5.91 Å². The fourth-order valence-electron chi connectivity index (χ4n) is 0.297. The molecule has 8 heavy (non-hydrogen) atoms. The van der Waals surface area contributed by atoms with Crippen molar-refractivity contribution in [2.75, 3.05) is 0 Å². The number of carbonyl (C=O) groups excluding carboxylic acids is 2. The van der Waals surface area contributed by atoms with Gasteiger partial charge in [0.15, 0.2) is 0 Å². The molecule has 1 N–H and O–H groups in total. The van der Waals surface area contributed by atoms with Gasteiger partial charge in [-0.1, -0.05) is 0 Å². The summed E-state index contributed by atoms with van der Waals surface area (Å²) in [5, 5.41) is 6.12. The van der Waals surface area contributed by atoms with Gasteiger partial charge in [-0.2, -0.15) is 10.4 Å². The van der Waals surface area contributed by atoms with E-state index in [1.165, 1.54) is 0 Å². The summed E-state index contributed by atoms with van der Waals surface area (Å²) in [6.45, 7) is 0. The standard InChI is InChI=1S/C3H2N3O2/c7-2-1-4-6-3(8)5-2/h1H,(H,6,8). The number of carbonyl (C=O) groups is 2. The van der Waals surface area contributed by atoms with Gasteiger partial charge >= 0.3 is 6.03 Å². The Labute approximate surface area is 44.8 Å². The molecule has 0 atom stereocenters. The first kappa shape index (κ1) is 4.76. The second-order valence-electron chi connectivity index (χ2n) is 1.13. The summed E-state index contributed by atoms with van der Waals surface area (Å²) in [4.78, 5) is 20.2. The van der Waals surface area contributed by atoms with Crippen LogP contribution in [0, 0.1) is 0 Å². The molecule has 0 aromatic rings. The first-order valence-electron chi connectivity index (χ1n) is 1.88. The second kappa shape index (κ2) is 1.61. The smallest absolute Gasteiger partial charge is 0.265 e. The maximum absolute atomic E-state index is 10.1. The summed E-state index contributed by atoms with van der Waals surface area (Å²) < 4.78 is 0. The van der Waals surface area contributed by atoms with Crippen LogP contribution in [0.1, 0.15) is 0 Å². The minimum Gasteiger partial charge on any atom is -0.265 e. The van der Waals surface area contributed by atoms with E-state index >= 15 is 0 Å². The Balaban J connectivity index is 2.68.